The van der Waals surface area contributed by atoms with Crippen molar-refractivity contribution in [1.29, 1.82) is 0 Å². The lowest BCUT2D eigenvalue weighted by Gasteiger charge is -2.14. The van der Waals surface area contributed by atoms with E-state index in [-0.39, 0.29) is 35.5 Å². The van der Waals surface area contributed by atoms with Crippen LogP contribution in [0.25, 0.3) is 22.5 Å². The van der Waals surface area contributed by atoms with Gasteiger partial charge in [-0.25, -0.2) is 0 Å². The van der Waals surface area contributed by atoms with Gasteiger partial charge in [-0.05, 0) is 31.2 Å². The maximum atomic E-state index is 12.5. The highest BCUT2D eigenvalue weighted by Gasteiger charge is 2.23. The number of nitrogens with one attached hydrogen (secondary N) is 1. The van der Waals surface area contributed by atoms with Crippen LogP contribution in [0.5, 0.6) is 5.75 Å². The Morgan fingerprint density at radius 1 is 1.07 bits per heavy atom. The van der Waals surface area contributed by atoms with Crippen LogP contribution in [-0.4, -0.2) is 40.1 Å². The van der Waals surface area contributed by atoms with Gasteiger partial charge in [-0.3, -0.25) is 9.59 Å². The molecule has 1 amide bonds. The number of hydrogen-bond acceptors (Lipinski definition) is 7. The molecule has 2 heterocycles. The number of benzene rings is 1. The van der Waals surface area contributed by atoms with Gasteiger partial charge < -0.3 is 28.4 Å². The van der Waals surface area contributed by atoms with Crippen molar-refractivity contribution in [2.24, 2.45) is 0 Å². The molecule has 8 heteroatoms. The Kier molecular flexibility index (Phi) is 6.36. The maximum Gasteiger partial charge on any atom is 0.228 e. The number of rotatable bonds is 8. The molecular weight excluding hydrogens is 378 g/mol. The first-order valence-corrected chi connectivity index (χ1v) is 8.99. The van der Waals surface area contributed by atoms with Gasteiger partial charge in [0.15, 0.2) is 11.9 Å². The van der Waals surface area contributed by atoms with E-state index in [1.54, 1.807) is 38.3 Å². The van der Waals surface area contributed by atoms with Gasteiger partial charge in [0, 0.05) is 25.8 Å². The Balaban J connectivity index is 2.00. The molecule has 0 bridgehead atoms. The normalized spacial score (nSPS) is 11.2. The summed E-state index contributed by atoms with van der Waals surface area (Å²) in [5.74, 6) is 1.23. The second kappa shape index (κ2) is 8.93. The summed E-state index contributed by atoms with van der Waals surface area (Å²) in [6, 6.07) is 8.49. The summed E-state index contributed by atoms with van der Waals surface area (Å²) in [5, 5.41) is 2.74. The smallest absolute Gasteiger partial charge is 0.228 e. The molecule has 0 saturated heterocycles. The molecule has 1 aromatic carbocycles. The summed E-state index contributed by atoms with van der Waals surface area (Å²) in [6.45, 7) is 1.86. The second-order valence-electron chi connectivity index (χ2n) is 6.40. The standard InChI is InChI=1S/C21H23NO7/c1-12-9-16(23)21-20(28-12)15(10-17(24)22-11-18(26-3)27-4)19(29-21)13-5-7-14(25-2)8-6-13/h5-9,18H,10-11H2,1-4H3,(H,22,24). The quantitative estimate of drug-likeness (QED) is 0.579. The number of aryl methyl sites for hydroxylation is 1. The zero-order valence-electron chi connectivity index (χ0n) is 16.7. The van der Waals surface area contributed by atoms with Gasteiger partial charge in [0.25, 0.3) is 0 Å². The van der Waals surface area contributed by atoms with Crippen LogP contribution in [0.3, 0.4) is 0 Å². The van der Waals surface area contributed by atoms with Crippen LogP contribution in [0.2, 0.25) is 0 Å². The molecule has 0 aliphatic rings. The Hall–Kier alpha value is -3.10. The van der Waals surface area contributed by atoms with Gasteiger partial charge in [-0.1, -0.05) is 0 Å². The zero-order chi connectivity index (χ0) is 21.0. The molecule has 0 spiro atoms. The van der Waals surface area contributed by atoms with Gasteiger partial charge in [0.05, 0.1) is 25.6 Å². The van der Waals surface area contributed by atoms with Crippen LogP contribution in [0, 0.1) is 6.92 Å². The minimum absolute atomic E-state index is 0.0408. The van der Waals surface area contributed by atoms with E-state index in [0.717, 1.165) is 0 Å². The highest BCUT2D eigenvalue weighted by Crippen LogP contribution is 2.34. The molecule has 154 valence electrons. The highest BCUT2D eigenvalue weighted by atomic mass is 16.7. The molecular formula is C21H23NO7. The molecule has 0 fully saturated rings. The van der Waals surface area contributed by atoms with Crippen molar-refractivity contribution in [3.05, 3.63) is 51.9 Å². The van der Waals surface area contributed by atoms with E-state index < -0.39 is 6.29 Å². The van der Waals surface area contributed by atoms with E-state index in [1.807, 2.05) is 0 Å². The van der Waals surface area contributed by atoms with E-state index in [1.165, 1.54) is 20.3 Å². The van der Waals surface area contributed by atoms with Crippen LogP contribution >= 0.6 is 0 Å². The van der Waals surface area contributed by atoms with Crippen molar-refractivity contribution in [2.45, 2.75) is 19.6 Å². The summed E-state index contributed by atoms with van der Waals surface area (Å²) < 4.78 is 26.9. The molecule has 2 aromatic heterocycles. The number of methoxy groups -OCH3 is 3. The molecule has 29 heavy (non-hydrogen) atoms. The van der Waals surface area contributed by atoms with Gasteiger partial charge in [-0.2, -0.15) is 0 Å². The molecule has 1 N–H and O–H groups in total. The molecule has 0 saturated carbocycles. The van der Waals surface area contributed by atoms with Gasteiger partial charge in [0.1, 0.15) is 17.3 Å². The molecule has 0 unspecified atom stereocenters. The second-order valence-corrected chi connectivity index (χ2v) is 6.40. The van der Waals surface area contributed by atoms with Crippen molar-refractivity contribution in [1.82, 2.24) is 5.32 Å². The van der Waals surface area contributed by atoms with Crippen molar-refractivity contribution >= 4 is 17.1 Å². The van der Waals surface area contributed by atoms with Crippen LogP contribution < -0.4 is 15.5 Å². The minimum atomic E-state index is -0.554. The van der Waals surface area contributed by atoms with Crippen LogP contribution in [0.4, 0.5) is 0 Å². The molecule has 0 radical (unpaired) electrons. The maximum absolute atomic E-state index is 12.5. The van der Waals surface area contributed by atoms with Crippen LogP contribution in [-0.2, 0) is 20.7 Å². The molecule has 3 rings (SSSR count). The summed E-state index contributed by atoms with van der Waals surface area (Å²) in [4.78, 5) is 24.9. The average molecular weight is 401 g/mol. The Labute approximate surface area is 167 Å². The number of furan rings is 1. The lowest BCUT2D eigenvalue weighted by Crippen LogP contribution is -2.35. The van der Waals surface area contributed by atoms with E-state index in [9.17, 15) is 9.59 Å². The fourth-order valence-electron chi connectivity index (χ4n) is 2.98. The zero-order valence-corrected chi connectivity index (χ0v) is 16.7. The lowest BCUT2D eigenvalue weighted by atomic mass is 10.1. The van der Waals surface area contributed by atoms with Crippen molar-refractivity contribution in [2.75, 3.05) is 27.9 Å². The van der Waals surface area contributed by atoms with Crippen molar-refractivity contribution in [3.63, 3.8) is 0 Å². The third kappa shape index (κ3) is 4.49. The Morgan fingerprint density at radius 2 is 1.76 bits per heavy atom. The first kappa shape index (κ1) is 20.6. The van der Waals surface area contributed by atoms with Crippen LogP contribution in [0.15, 0.2) is 44.0 Å². The number of hydrogen-bond donors (Lipinski definition) is 1. The third-order valence-corrected chi connectivity index (χ3v) is 4.46. The minimum Gasteiger partial charge on any atom is -0.497 e. The number of amides is 1. The summed E-state index contributed by atoms with van der Waals surface area (Å²) in [7, 11) is 4.55. The fourth-order valence-corrected chi connectivity index (χ4v) is 2.98. The molecule has 0 atom stereocenters. The van der Waals surface area contributed by atoms with E-state index in [2.05, 4.69) is 5.32 Å². The number of carbonyl (C=O) groups excluding carboxylic acids is 1. The predicted octanol–water partition coefficient (Wildman–Crippen LogP) is 2.65. The first-order valence-electron chi connectivity index (χ1n) is 8.99. The largest absolute Gasteiger partial charge is 0.497 e. The molecule has 8 nitrogen and oxygen atoms in total. The highest BCUT2D eigenvalue weighted by molar-refractivity contribution is 5.90. The van der Waals surface area contributed by atoms with E-state index in [4.69, 9.17) is 23.0 Å². The molecule has 0 aliphatic carbocycles. The monoisotopic (exact) mass is 401 g/mol. The summed E-state index contributed by atoms with van der Waals surface area (Å²) in [6.07, 6.45) is -0.595. The van der Waals surface area contributed by atoms with Crippen molar-refractivity contribution in [3.8, 4) is 17.1 Å². The van der Waals surface area contributed by atoms with Gasteiger partial charge >= 0.3 is 0 Å². The predicted molar refractivity (Wildman–Crippen MR) is 106 cm³/mol. The SMILES string of the molecule is COc1ccc(-c2oc3c(=O)cc(C)oc3c2CC(=O)NCC(OC)OC)cc1. The Morgan fingerprint density at radius 3 is 2.38 bits per heavy atom. The third-order valence-electron chi connectivity index (χ3n) is 4.46. The fraction of sp³-hybridized carbons (Fsp3) is 0.333. The van der Waals surface area contributed by atoms with Gasteiger partial charge in [0.2, 0.25) is 16.9 Å². The van der Waals surface area contributed by atoms with E-state index >= 15 is 0 Å². The number of carbonyl (C=O) groups is 1. The average Bonchev–Trinajstić information content (AvgIpc) is 3.07. The lowest BCUT2D eigenvalue weighted by molar-refractivity contribution is -0.126. The van der Waals surface area contributed by atoms with Gasteiger partial charge in [-0.15, -0.1) is 0 Å². The topological polar surface area (TPSA) is 100 Å². The van der Waals surface area contributed by atoms with Crippen LogP contribution in [0.1, 0.15) is 11.3 Å². The number of fused-ring (bicyclic) bond motifs is 1. The number of ether oxygens (including phenoxy) is 3. The first-order chi connectivity index (χ1) is 14.0. The molecule has 3 aromatic rings. The molecule has 0 aliphatic heterocycles. The summed E-state index contributed by atoms with van der Waals surface area (Å²) >= 11 is 0. The van der Waals surface area contributed by atoms with E-state index in [0.29, 0.717) is 28.4 Å². The van der Waals surface area contributed by atoms with Crippen molar-refractivity contribution < 1.29 is 27.8 Å². The Bertz CT molecular complexity index is 1050. The summed E-state index contributed by atoms with van der Waals surface area (Å²) in [5.41, 5.74) is 1.24.